The molecule has 3 rings (SSSR count). The van der Waals surface area contributed by atoms with E-state index in [4.69, 9.17) is 0 Å². The van der Waals surface area contributed by atoms with E-state index in [1.807, 2.05) is 29.6 Å². The fourth-order valence-electron chi connectivity index (χ4n) is 1.35. The predicted octanol–water partition coefficient (Wildman–Crippen LogP) is 2.55. The van der Waals surface area contributed by atoms with E-state index >= 15 is 0 Å². The Balaban J connectivity index is 2.22. The van der Waals surface area contributed by atoms with Gasteiger partial charge in [0.05, 0.1) is 11.0 Å². The Bertz CT molecular complexity index is 590. The SMILES string of the molecule is [c]1nc2ccccc2nc1-c1nccs1. The minimum atomic E-state index is 0.712. The molecule has 0 N–H and O–H groups in total. The molecule has 3 nitrogen and oxygen atoms in total. The summed E-state index contributed by atoms with van der Waals surface area (Å²) in [7, 11) is 0. The Hall–Kier alpha value is -1.81. The largest absolute Gasteiger partial charge is 0.243 e. The van der Waals surface area contributed by atoms with E-state index in [0.717, 1.165) is 16.0 Å². The summed E-state index contributed by atoms with van der Waals surface area (Å²) < 4.78 is 0. The molecular weight excluding hydrogens is 206 g/mol. The van der Waals surface area contributed by atoms with Gasteiger partial charge in [0.1, 0.15) is 16.9 Å². The Labute approximate surface area is 90.5 Å². The van der Waals surface area contributed by atoms with Crippen molar-refractivity contribution in [3.63, 3.8) is 0 Å². The number of fused-ring (bicyclic) bond motifs is 1. The van der Waals surface area contributed by atoms with Gasteiger partial charge in [-0.05, 0) is 12.1 Å². The average Bonchev–Trinajstić information content (AvgIpc) is 2.82. The lowest BCUT2D eigenvalue weighted by atomic mass is 10.3. The Morgan fingerprint density at radius 1 is 1.13 bits per heavy atom. The lowest BCUT2D eigenvalue weighted by molar-refractivity contribution is 1.26. The molecular formula is C11H6N3S. The van der Waals surface area contributed by atoms with Gasteiger partial charge in [-0.15, -0.1) is 11.3 Å². The summed E-state index contributed by atoms with van der Waals surface area (Å²) in [6.45, 7) is 0. The Kier molecular flexibility index (Phi) is 1.93. The zero-order valence-corrected chi connectivity index (χ0v) is 8.53. The molecule has 0 aliphatic carbocycles. The first kappa shape index (κ1) is 8.49. The fraction of sp³-hybridized carbons (Fsp3) is 0. The van der Waals surface area contributed by atoms with Crippen LogP contribution in [-0.4, -0.2) is 15.0 Å². The highest BCUT2D eigenvalue weighted by Crippen LogP contribution is 2.20. The Morgan fingerprint density at radius 3 is 2.80 bits per heavy atom. The fourth-order valence-corrected chi connectivity index (χ4v) is 1.92. The highest BCUT2D eigenvalue weighted by atomic mass is 32.1. The average molecular weight is 212 g/mol. The smallest absolute Gasteiger partial charge is 0.144 e. The Morgan fingerprint density at radius 2 is 2.00 bits per heavy atom. The van der Waals surface area contributed by atoms with Crippen LogP contribution in [0.25, 0.3) is 21.7 Å². The van der Waals surface area contributed by atoms with Crippen molar-refractivity contribution in [2.24, 2.45) is 0 Å². The molecule has 15 heavy (non-hydrogen) atoms. The number of aromatic nitrogens is 3. The number of thiazole rings is 1. The van der Waals surface area contributed by atoms with Crippen LogP contribution in [0.2, 0.25) is 0 Å². The molecule has 4 heteroatoms. The van der Waals surface area contributed by atoms with Crippen molar-refractivity contribution < 1.29 is 0 Å². The maximum Gasteiger partial charge on any atom is 0.144 e. The molecule has 0 atom stereocenters. The van der Waals surface area contributed by atoms with Gasteiger partial charge in [0.25, 0.3) is 0 Å². The van der Waals surface area contributed by atoms with Crippen LogP contribution in [0, 0.1) is 6.20 Å². The van der Waals surface area contributed by atoms with Crippen molar-refractivity contribution in [3.8, 4) is 10.7 Å². The highest BCUT2D eigenvalue weighted by molar-refractivity contribution is 7.13. The molecule has 1 radical (unpaired) electrons. The zero-order chi connectivity index (χ0) is 10.1. The van der Waals surface area contributed by atoms with E-state index in [1.54, 1.807) is 6.20 Å². The quantitative estimate of drug-likeness (QED) is 0.622. The van der Waals surface area contributed by atoms with E-state index in [0.29, 0.717) is 5.69 Å². The second kappa shape index (κ2) is 3.40. The van der Waals surface area contributed by atoms with Gasteiger partial charge >= 0.3 is 0 Å². The molecule has 2 aromatic heterocycles. The van der Waals surface area contributed by atoms with Crippen molar-refractivity contribution in [1.29, 1.82) is 0 Å². The molecule has 0 bridgehead atoms. The predicted molar refractivity (Wildman–Crippen MR) is 59.5 cm³/mol. The molecule has 0 saturated heterocycles. The third-order valence-electron chi connectivity index (χ3n) is 2.03. The van der Waals surface area contributed by atoms with Gasteiger partial charge in [-0.25, -0.2) is 15.0 Å². The van der Waals surface area contributed by atoms with Gasteiger partial charge in [-0.1, -0.05) is 12.1 Å². The standard InChI is InChI=1S/C11H6N3S/c1-2-4-9-8(3-1)13-7-10(14-9)11-12-5-6-15-11/h1-6H. The first-order chi connectivity index (χ1) is 7.43. The second-order valence-corrected chi connectivity index (χ2v) is 3.90. The maximum absolute atomic E-state index is 4.45. The van der Waals surface area contributed by atoms with Crippen molar-refractivity contribution in [2.45, 2.75) is 0 Å². The van der Waals surface area contributed by atoms with Crippen molar-refractivity contribution in [2.75, 3.05) is 0 Å². The topological polar surface area (TPSA) is 38.7 Å². The van der Waals surface area contributed by atoms with Gasteiger partial charge < -0.3 is 0 Å². The third kappa shape index (κ3) is 1.49. The molecule has 0 unspecified atom stereocenters. The number of benzene rings is 1. The van der Waals surface area contributed by atoms with Crippen molar-refractivity contribution >= 4 is 22.4 Å². The lowest BCUT2D eigenvalue weighted by Gasteiger charge is -1.97. The van der Waals surface area contributed by atoms with E-state index in [2.05, 4.69) is 21.1 Å². The summed E-state index contributed by atoms with van der Waals surface area (Å²) in [6.07, 6.45) is 4.66. The lowest BCUT2D eigenvalue weighted by Crippen LogP contribution is -1.87. The second-order valence-electron chi connectivity index (χ2n) is 3.01. The monoisotopic (exact) mass is 212 g/mol. The van der Waals surface area contributed by atoms with Crippen LogP contribution in [0.4, 0.5) is 0 Å². The molecule has 0 aliphatic heterocycles. The van der Waals surface area contributed by atoms with E-state index < -0.39 is 0 Å². The van der Waals surface area contributed by atoms with Crippen LogP contribution in [0.15, 0.2) is 35.8 Å². The summed E-state index contributed by atoms with van der Waals surface area (Å²) in [6, 6.07) is 7.74. The van der Waals surface area contributed by atoms with Crippen molar-refractivity contribution in [1.82, 2.24) is 15.0 Å². The maximum atomic E-state index is 4.45. The van der Waals surface area contributed by atoms with Crippen LogP contribution in [0.1, 0.15) is 0 Å². The summed E-state index contributed by atoms with van der Waals surface area (Å²) in [5, 5.41) is 2.77. The van der Waals surface area contributed by atoms with Crippen LogP contribution in [-0.2, 0) is 0 Å². The molecule has 2 heterocycles. The summed E-state index contributed by atoms with van der Waals surface area (Å²) in [4.78, 5) is 12.8. The molecule has 0 aliphatic rings. The van der Waals surface area contributed by atoms with Gasteiger partial charge in [0, 0.05) is 11.6 Å². The number of nitrogens with zero attached hydrogens (tertiary/aromatic N) is 3. The number of para-hydroxylation sites is 2. The molecule has 0 spiro atoms. The minimum absolute atomic E-state index is 0.712. The van der Waals surface area contributed by atoms with Gasteiger partial charge in [-0.3, -0.25) is 0 Å². The molecule has 71 valence electrons. The van der Waals surface area contributed by atoms with Crippen LogP contribution in [0.3, 0.4) is 0 Å². The summed E-state index contributed by atoms with van der Waals surface area (Å²) >= 11 is 1.54. The van der Waals surface area contributed by atoms with Gasteiger partial charge in [0.15, 0.2) is 0 Å². The summed E-state index contributed by atoms with van der Waals surface area (Å²) in [5.74, 6) is 0. The first-order valence-electron chi connectivity index (χ1n) is 4.48. The van der Waals surface area contributed by atoms with Crippen LogP contribution >= 0.6 is 11.3 Å². The van der Waals surface area contributed by atoms with Crippen molar-refractivity contribution in [3.05, 3.63) is 42.0 Å². The van der Waals surface area contributed by atoms with Crippen LogP contribution in [0.5, 0.6) is 0 Å². The van der Waals surface area contributed by atoms with Gasteiger partial charge in [0.2, 0.25) is 0 Å². The highest BCUT2D eigenvalue weighted by Gasteiger charge is 2.04. The molecule has 3 aromatic rings. The molecule has 0 fully saturated rings. The van der Waals surface area contributed by atoms with E-state index in [-0.39, 0.29) is 0 Å². The number of hydrogen-bond acceptors (Lipinski definition) is 4. The number of hydrogen-bond donors (Lipinski definition) is 0. The van der Waals surface area contributed by atoms with E-state index in [9.17, 15) is 0 Å². The minimum Gasteiger partial charge on any atom is -0.243 e. The third-order valence-corrected chi connectivity index (χ3v) is 2.81. The normalized spacial score (nSPS) is 10.7. The van der Waals surface area contributed by atoms with Crippen LogP contribution < -0.4 is 0 Å². The molecule has 1 aromatic carbocycles. The molecule has 0 amide bonds. The molecule has 0 saturated carbocycles. The first-order valence-corrected chi connectivity index (χ1v) is 5.36. The zero-order valence-electron chi connectivity index (χ0n) is 7.71. The van der Waals surface area contributed by atoms with Gasteiger partial charge in [-0.2, -0.15) is 0 Å². The number of rotatable bonds is 1. The van der Waals surface area contributed by atoms with E-state index in [1.165, 1.54) is 11.3 Å². The summed E-state index contributed by atoms with van der Waals surface area (Å²) in [5.41, 5.74) is 2.45.